The number of nitrogens with one attached hydrogen (secondary N) is 1. The summed E-state index contributed by atoms with van der Waals surface area (Å²) in [7, 11) is 0. The maximum atomic E-state index is 13.3. The Hall–Kier alpha value is -2.37. The number of benzene rings is 1. The summed E-state index contributed by atoms with van der Waals surface area (Å²) in [6.45, 7) is 11.3. The van der Waals surface area contributed by atoms with Gasteiger partial charge in [-0.25, -0.2) is 4.79 Å². The van der Waals surface area contributed by atoms with Crippen molar-refractivity contribution in [2.24, 2.45) is 17.3 Å². The van der Waals surface area contributed by atoms with E-state index >= 15 is 0 Å². The zero-order valence-electron chi connectivity index (χ0n) is 21.1. The first-order valence-electron chi connectivity index (χ1n) is 12.1. The Morgan fingerprint density at radius 2 is 1.61 bits per heavy atom. The predicted octanol–water partition coefficient (Wildman–Crippen LogP) is 5.19. The van der Waals surface area contributed by atoms with Gasteiger partial charge in [0.1, 0.15) is 18.2 Å². The molecule has 184 valence electrons. The first-order valence-corrected chi connectivity index (χ1v) is 12.1. The van der Waals surface area contributed by atoms with Crippen LogP contribution in [-0.2, 0) is 30.5 Å². The quantitative estimate of drug-likeness (QED) is 0.514. The lowest BCUT2D eigenvalue weighted by Crippen LogP contribution is -2.51. The largest absolute Gasteiger partial charge is 0.460 e. The second-order valence-electron chi connectivity index (χ2n) is 11.3. The number of carbonyl (C=O) groups excluding carboxylic acids is 3. The molecule has 0 aliphatic heterocycles. The van der Waals surface area contributed by atoms with Crippen LogP contribution < -0.4 is 5.32 Å². The Morgan fingerprint density at radius 3 is 2.15 bits per heavy atom. The Labute approximate surface area is 198 Å². The van der Waals surface area contributed by atoms with Crippen molar-refractivity contribution >= 4 is 17.8 Å². The summed E-state index contributed by atoms with van der Waals surface area (Å²) in [5.41, 5.74) is -0.276. The van der Waals surface area contributed by atoms with Crippen LogP contribution in [0.4, 0.5) is 0 Å². The lowest BCUT2D eigenvalue weighted by Gasteiger charge is -2.31. The van der Waals surface area contributed by atoms with Gasteiger partial charge in [-0.3, -0.25) is 9.59 Å². The molecule has 2 atom stereocenters. The molecule has 2 rings (SSSR count). The fourth-order valence-corrected chi connectivity index (χ4v) is 4.22. The van der Waals surface area contributed by atoms with Crippen LogP contribution in [0.1, 0.15) is 85.6 Å². The summed E-state index contributed by atoms with van der Waals surface area (Å²) in [5, 5.41) is 2.91. The van der Waals surface area contributed by atoms with Gasteiger partial charge in [0.2, 0.25) is 5.91 Å². The molecular formula is C27H41NO5. The molecule has 1 unspecified atom stereocenters. The molecule has 1 aliphatic rings. The van der Waals surface area contributed by atoms with Crippen molar-refractivity contribution in [2.45, 2.75) is 98.3 Å². The van der Waals surface area contributed by atoms with Crippen molar-refractivity contribution in [3.63, 3.8) is 0 Å². The highest BCUT2D eigenvalue weighted by molar-refractivity contribution is 5.88. The monoisotopic (exact) mass is 459 g/mol. The van der Waals surface area contributed by atoms with Crippen molar-refractivity contribution in [1.29, 1.82) is 0 Å². The van der Waals surface area contributed by atoms with E-state index in [1.54, 1.807) is 0 Å². The summed E-state index contributed by atoms with van der Waals surface area (Å²) < 4.78 is 11.0. The molecule has 1 aromatic rings. The summed E-state index contributed by atoms with van der Waals surface area (Å²) in [5.74, 6) is -1.27. The Bertz CT molecular complexity index is 785. The summed E-state index contributed by atoms with van der Waals surface area (Å²) in [4.78, 5) is 38.8. The zero-order chi connectivity index (χ0) is 24.6. The number of esters is 2. The Morgan fingerprint density at radius 1 is 1.00 bits per heavy atom. The fourth-order valence-electron chi connectivity index (χ4n) is 4.22. The van der Waals surface area contributed by atoms with Crippen molar-refractivity contribution in [3.8, 4) is 0 Å². The van der Waals surface area contributed by atoms with Gasteiger partial charge in [0.25, 0.3) is 0 Å². The van der Waals surface area contributed by atoms with Crippen LogP contribution >= 0.6 is 0 Å². The van der Waals surface area contributed by atoms with Crippen LogP contribution in [0, 0.1) is 17.3 Å². The smallest absolute Gasteiger partial charge is 0.329 e. The molecule has 1 aliphatic carbocycles. The third kappa shape index (κ3) is 9.56. The zero-order valence-corrected chi connectivity index (χ0v) is 21.1. The average molecular weight is 460 g/mol. The standard InChI is InChI=1S/C27H41NO5/c1-26(2,3)23(25(31)32-18-20-14-8-7-9-15-20)28-24(30)21(16-19-12-10-11-13-19)17-22(29)33-27(4,5)6/h7-9,14-15,19,21,23H,10-13,16-18H2,1-6H3,(H,28,30)/t21?,23-/m1/s1. The molecule has 1 saturated carbocycles. The molecule has 1 N–H and O–H groups in total. The van der Waals surface area contributed by atoms with Crippen molar-refractivity contribution in [1.82, 2.24) is 5.32 Å². The predicted molar refractivity (Wildman–Crippen MR) is 128 cm³/mol. The number of ether oxygens (including phenoxy) is 2. The van der Waals surface area contributed by atoms with Gasteiger partial charge in [-0.1, -0.05) is 76.8 Å². The third-order valence-corrected chi connectivity index (χ3v) is 5.91. The van der Waals surface area contributed by atoms with Gasteiger partial charge < -0.3 is 14.8 Å². The van der Waals surface area contributed by atoms with E-state index in [1.165, 1.54) is 0 Å². The highest BCUT2D eigenvalue weighted by Crippen LogP contribution is 2.32. The molecule has 0 heterocycles. The summed E-state index contributed by atoms with van der Waals surface area (Å²) >= 11 is 0. The minimum atomic E-state index is -0.821. The number of carbonyl (C=O) groups is 3. The molecular weight excluding hydrogens is 418 g/mol. The van der Waals surface area contributed by atoms with Gasteiger partial charge in [-0.15, -0.1) is 0 Å². The number of hydrogen-bond acceptors (Lipinski definition) is 5. The maximum absolute atomic E-state index is 13.3. The summed E-state index contributed by atoms with van der Waals surface area (Å²) in [6.07, 6.45) is 5.08. The van der Waals surface area contributed by atoms with Crippen LogP contribution in [-0.4, -0.2) is 29.5 Å². The topological polar surface area (TPSA) is 81.7 Å². The molecule has 0 radical (unpaired) electrons. The molecule has 0 aromatic heterocycles. The average Bonchev–Trinajstić information content (AvgIpc) is 3.21. The Balaban J connectivity index is 2.09. The first-order chi connectivity index (χ1) is 15.3. The second-order valence-corrected chi connectivity index (χ2v) is 11.3. The normalized spacial score (nSPS) is 16.7. The van der Waals surface area contributed by atoms with Crippen molar-refractivity contribution in [2.75, 3.05) is 0 Å². The van der Waals surface area contributed by atoms with Crippen molar-refractivity contribution < 1.29 is 23.9 Å². The molecule has 0 bridgehead atoms. The Kier molecular flexibility index (Phi) is 9.50. The maximum Gasteiger partial charge on any atom is 0.329 e. The van der Waals surface area contributed by atoms with Crippen LogP contribution in [0.25, 0.3) is 0 Å². The van der Waals surface area contributed by atoms with E-state index in [9.17, 15) is 14.4 Å². The van der Waals surface area contributed by atoms with E-state index in [0.717, 1.165) is 31.2 Å². The minimum Gasteiger partial charge on any atom is -0.460 e. The van der Waals surface area contributed by atoms with Gasteiger partial charge in [-0.05, 0) is 44.1 Å². The van der Waals surface area contributed by atoms with E-state index in [1.807, 2.05) is 71.9 Å². The molecule has 33 heavy (non-hydrogen) atoms. The van der Waals surface area contributed by atoms with Gasteiger partial charge in [0.05, 0.1) is 6.42 Å². The second kappa shape index (κ2) is 11.7. The van der Waals surface area contributed by atoms with Crippen LogP contribution in [0.2, 0.25) is 0 Å². The van der Waals surface area contributed by atoms with E-state index in [4.69, 9.17) is 9.47 Å². The van der Waals surface area contributed by atoms with Crippen LogP contribution in [0.3, 0.4) is 0 Å². The van der Waals surface area contributed by atoms with Crippen LogP contribution in [0.15, 0.2) is 30.3 Å². The van der Waals surface area contributed by atoms with Gasteiger partial charge in [0.15, 0.2) is 0 Å². The lowest BCUT2D eigenvalue weighted by atomic mass is 9.85. The molecule has 0 saturated heterocycles. The molecule has 6 nitrogen and oxygen atoms in total. The highest BCUT2D eigenvalue weighted by atomic mass is 16.6. The minimum absolute atomic E-state index is 0.00945. The lowest BCUT2D eigenvalue weighted by molar-refractivity contribution is -0.158. The van der Waals surface area contributed by atoms with E-state index < -0.39 is 28.9 Å². The molecule has 0 spiro atoms. The first kappa shape index (κ1) is 26.9. The molecule has 1 amide bonds. The van der Waals surface area contributed by atoms with Crippen LogP contribution in [0.5, 0.6) is 0 Å². The highest BCUT2D eigenvalue weighted by Gasteiger charge is 2.37. The van der Waals surface area contributed by atoms with Gasteiger partial charge in [0, 0.05) is 5.92 Å². The van der Waals surface area contributed by atoms with Gasteiger partial charge in [-0.2, -0.15) is 0 Å². The third-order valence-electron chi connectivity index (χ3n) is 5.91. The van der Waals surface area contributed by atoms with E-state index in [2.05, 4.69) is 5.32 Å². The molecule has 6 heteroatoms. The summed E-state index contributed by atoms with van der Waals surface area (Å²) in [6, 6.07) is 8.62. The molecule has 1 fully saturated rings. The number of amides is 1. The number of rotatable bonds is 9. The number of hydrogen-bond donors (Lipinski definition) is 1. The molecule has 1 aromatic carbocycles. The van der Waals surface area contributed by atoms with Crippen molar-refractivity contribution in [3.05, 3.63) is 35.9 Å². The fraction of sp³-hybridized carbons (Fsp3) is 0.667. The van der Waals surface area contributed by atoms with E-state index in [-0.39, 0.29) is 24.9 Å². The van der Waals surface area contributed by atoms with Gasteiger partial charge >= 0.3 is 11.9 Å². The van der Waals surface area contributed by atoms with E-state index in [0.29, 0.717) is 12.3 Å². The SMILES string of the molecule is CC(C)(C)OC(=O)CC(CC1CCCC1)C(=O)N[C@H](C(=O)OCc1ccccc1)C(C)(C)C.